The van der Waals surface area contributed by atoms with E-state index in [-0.39, 0.29) is 12.4 Å². The molecule has 3 nitrogen and oxygen atoms in total. The van der Waals surface area contributed by atoms with E-state index in [1.54, 1.807) is 6.07 Å². The van der Waals surface area contributed by atoms with Gasteiger partial charge in [-0.25, -0.2) is 4.39 Å². The van der Waals surface area contributed by atoms with E-state index in [2.05, 4.69) is 16.7 Å². The van der Waals surface area contributed by atoms with E-state index in [1.165, 1.54) is 38.1 Å². The molecule has 0 saturated carbocycles. The summed E-state index contributed by atoms with van der Waals surface area (Å²) in [7, 11) is 0. The molecule has 21 heavy (non-hydrogen) atoms. The molecule has 0 aromatic heterocycles. The highest BCUT2D eigenvalue weighted by Crippen LogP contribution is 2.16. The maximum absolute atomic E-state index is 13.5. The predicted octanol–water partition coefficient (Wildman–Crippen LogP) is 2.42. The van der Waals surface area contributed by atoms with Crippen molar-refractivity contribution in [3.63, 3.8) is 0 Å². The molecule has 1 aliphatic rings. The Balaban J connectivity index is 1.80. The molecular weight excluding hydrogens is 269 g/mol. The Bertz CT molecular complexity index is 501. The molecule has 1 aromatic rings. The average Bonchev–Trinajstić information content (AvgIpc) is 2.97. The van der Waals surface area contributed by atoms with E-state index in [9.17, 15) is 4.39 Å². The fourth-order valence-electron chi connectivity index (χ4n) is 2.42. The van der Waals surface area contributed by atoms with E-state index < -0.39 is 0 Å². The second-order valence-electron chi connectivity index (χ2n) is 5.20. The van der Waals surface area contributed by atoms with Gasteiger partial charge in [-0.05, 0) is 44.5 Å². The third kappa shape index (κ3) is 5.74. The van der Waals surface area contributed by atoms with Gasteiger partial charge in [0.15, 0.2) is 0 Å². The first-order chi connectivity index (χ1) is 10.3. The van der Waals surface area contributed by atoms with Crippen molar-refractivity contribution in [3.05, 3.63) is 29.6 Å². The maximum atomic E-state index is 13.5. The third-order valence-corrected chi connectivity index (χ3v) is 3.43. The quantitative estimate of drug-likeness (QED) is 0.645. The number of ether oxygens (including phenoxy) is 1. The van der Waals surface area contributed by atoms with Gasteiger partial charge in [0, 0.05) is 24.6 Å². The minimum absolute atomic E-state index is 0.0160. The highest BCUT2D eigenvalue weighted by atomic mass is 19.1. The molecular formula is C17H22FNO2. The zero-order valence-electron chi connectivity index (χ0n) is 12.3. The summed E-state index contributed by atoms with van der Waals surface area (Å²) >= 11 is 0. The van der Waals surface area contributed by atoms with Crippen LogP contribution >= 0.6 is 0 Å². The molecule has 114 valence electrons. The molecule has 0 bridgehead atoms. The number of hydrogen-bond acceptors (Lipinski definition) is 3. The Kier molecular flexibility index (Phi) is 6.52. The number of rotatable bonds is 6. The SMILES string of the molecule is OCCC#Cc1cc(F)cc(OCCCN2CCCC2)c1. The summed E-state index contributed by atoms with van der Waals surface area (Å²) in [5.41, 5.74) is 0.581. The first kappa shape index (κ1) is 15.8. The van der Waals surface area contributed by atoms with Crippen molar-refractivity contribution in [1.82, 2.24) is 4.90 Å². The van der Waals surface area contributed by atoms with Crippen LogP contribution in [-0.4, -0.2) is 42.9 Å². The van der Waals surface area contributed by atoms with Gasteiger partial charge in [0.2, 0.25) is 0 Å². The van der Waals surface area contributed by atoms with Crippen LogP contribution in [0.25, 0.3) is 0 Å². The predicted molar refractivity (Wildman–Crippen MR) is 80.8 cm³/mol. The van der Waals surface area contributed by atoms with E-state index in [1.807, 2.05) is 0 Å². The van der Waals surface area contributed by atoms with Crippen LogP contribution in [0.5, 0.6) is 5.75 Å². The van der Waals surface area contributed by atoms with Crippen molar-refractivity contribution in [2.45, 2.75) is 25.7 Å². The number of halogens is 1. The van der Waals surface area contributed by atoms with Gasteiger partial charge in [-0.2, -0.15) is 0 Å². The largest absolute Gasteiger partial charge is 0.493 e. The lowest BCUT2D eigenvalue weighted by atomic mass is 10.2. The van der Waals surface area contributed by atoms with Crippen LogP contribution in [0.15, 0.2) is 18.2 Å². The van der Waals surface area contributed by atoms with E-state index in [4.69, 9.17) is 9.84 Å². The number of hydrogen-bond donors (Lipinski definition) is 1. The molecule has 0 amide bonds. The summed E-state index contributed by atoms with van der Waals surface area (Å²) in [6.07, 6.45) is 3.92. The number of aliphatic hydroxyl groups is 1. The molecule has 1 fully saturated rings. The van der Waals surface area contributed by atoms with Crippen LogP contribution in [0.2, 0.25) is 0 Å². The summed E-state index contributed by atoms with van der Waals surface area (Å²) in [4.78, 5) is 2.43. The van der Waals surface area contributed by atoms with Crippen molar-refractivity contribution >= 4 is 0 Å². The Labute approximate surface area is 125 Å². The van der Waals surface area contributed by atoms with Gasteiger partial charge in [0.1, 0.15) is 11.6 Å². The normalized spacial score (nSPS) is 14.8. The summed E-state index contributed by atoms with van der Waals surface area (Å²) < 4.78 is 19.1. The molecule has 2 rings (SSSR count). The van der Waals surface area contributed by atoms with Crippen LogP contribution < -0.4 is 4.74 Å². The van der Waals surface area contributed by atoms with E-state index in [0.29, 0.717) is 24.3 Å². The van der Waals surface area contributed by atoms with Crippen LogP contribution in [0, 0.1) is 17.7 Å². The van der Waals surface area contributed by atoms with Crippen molar-refractivity contribution in [3.8, 4) is 17.6 Å². The van der Waals surface area contributed by atoms with Crippen LogP contribution in [-0.2, 0) is 0 Å². The molecule has 1 aromatic carbocycles. The lowest BCUT2D eigenvalue weighted by Crippen LogP contribution is -2.21. The van der Waals surface area contributed by atoms with E-state index >= 15 is 0 Å². The first-order valence-corrected chi connectivity index (χ1v) is 7.53. The molecule has 1 aliphatic heterocycles. The second kappa shape index (κ2) is 8.66. The van der Waals surface area contributed by atoms with Crippen molar-refractivity contribution in [2.75, 3.05) is 32.8 Å². The molecule has 0 unspecified atom stereocenters. The minimum Gasteiger partial charge on any atom is -0.493 e. The van der Waals surface area contributed by atoms with Gasteiger partial charge in [-0.15, -0.1) is 0 Å². The van der Waals surface area contributed by atoms with Crippen molar-refractivity contribution in [1.29, 1.82) is 0 Å². The van der Waals surface area contributed by atoms with Gasteiger partial charge >= 0.3 is 0 Å². The summed E-state index contributed by atoms with van der Waals surface area (Å²) in [5, 5.41) is 8.68. The third-order valence-electron chi connectivity index (χ3n) is 3.43. The van der Waals surface area contributed by atoms with Gasteiger partial charge in [-0.1, -0.05) is 11.8 Å². The average molecular weight is 291 g/mol. The van der Waals surface area contributed by atoms with Crippen molar-refractivity contribution < 1.29 is 14.2 Å². The Hall–Kier alpha value is -1.57. The van der Waals surface area contributed by atoms with Gasteiger partial charge < -0.3 is 14.7 Å². The van der Waals surface area contributed by atoms with Crippen LogP contribution in [0.3, 0.4) is 0 Å². The van der Waals surface area contributed by atoms with E-state index in [0.717, 1.165) is 13.0 Å². The number of likely N-dealkylation sites (tertiary alicyclic amines) is 1. The fraction of sp³-hybridized carbons (Fsp3) is 0.529. The minimum atomic E-state index is -0.347. The highest BCUT2D eigenvalue weighted by Gasteiger charge is 2.10. The Morgan fingerprint density at radius 3 is 2.81 bits per heavy atom. The van der Waals surface area contributed by atoms with Gasteiger partial charge in [0.05, 0.1) is 13.2 Å². The summed E-state index contributed by atoms with van der Waals surface area (Å²) in [6.45, 7) is 4.01. The molecule has 0 spiro atoms. The molecule has 1 N–H and O–H groups in total. The lowest BCUT2D eigenvalue weighted by molar-refractivity contribution is 0.262. The van der Waals surface area contributed by atoms with Gasteiger partial charge in [0.25, 0.3) is 0 Å². The zero-order valence-corrected chi connectivity index (χ0v) is 12.3. The molecule has 1 heterocycles. The first-order valence-electron chi connectivity index (χ1n) is 7.53. The lowest BCUT2D eigenvalue weighted by Gasteiger charge is -2.14. The summed E-state index contributed by atoms with van der Waals surface area (Å²) in [6, 6.07) is 4.50. The molecule has 0 radical (unpaired) electrons. The smallest absolute Gasteiger partial charge is 0.128 e. The van der Waals surface area contributed by atoms with Crippen LogP contribution in [0.1, 0.15) is 31.2 Å². The number of nitrogens with zero attached hydrogens (tertiary/aromatic N) is 1. The van der Waals surface area contributed by atoms with Crippen LogP contribution in [0.4, 0.5) is 4.39 Å². The fourth-order valence-corrected chi connectivity index (χ4v) is 2.42. The molecule has 0 aliphatic carbocycles. The van der Waals surface area contributed by atoms with Gasteiger partial charge in [-0.3, -0.25) is 0 Å². The topological polar surface area (TPSA) is 32.7 Å². The monoisotopic (exact) mass is 291 g/mol. The van der Waals surface area contributed by atoms with Crippen molar-refractivity contribution in [2.24, 2.45) is 0 Å². The number of aliphatic hydroxyl groups excluding tert-OH is 1. The molecule has 1 saturated heterocycles. The Morgan fingerprint density at radius 2 is 2.05 bits per heavy atom. The zero-order chi connectivity index (χ0) is 14.9. The Morgan fingerprint density at radius 1 is 1.24 bits per heavy atom. The maximum Gasteiger partial charge on any atom is 0.128 e. The molecule has 0 atom stereocenters. The highest BCUT2D eigenvalue weighted by molar-refractivity contribution is 5.40. The standard InChI is InChI=1S/C17H22FNO2/c18-16-12-15(6-1-4-10-20)13-17(14-16)21-11-5-9-19-7-2-3-8-19/h12-14,20H,2-5,7-11H2. The number of benzene rings is 1. The molecule has 4 heteroatoms. The summed E-state index contributed by atoms with van der Waals surface area (Å²) in [5.74, 6) is 5.78. The second-order valence-corrected chi connectivity index (χ2v) is 5.20.